The van der Waals surface area contributed by atoms with Gasteiger partial charge in [0.2, 0.25) is 0 Å². The van der Waals surface area contributed by atoms with Gasteiger partial charge in [-0.05, 0) is 18.7 Å². The van der Waals surface area contributed by atoms with Crippen LogP contribution in [0.25, 0.3) is 0 Å². The van der Waals surface area contributed by atoms with Crippen LogP contribution in [0, 0.1) is 0 Å². The fourth-order valence-corrected chi connectivity index (χ4v) is 0.671. The maximum atomic E-state index is 10.3. The summed E-state index contributed by atoms with van der Waals surface area (Å²) in [6, 6.07) is 9.07. The first-order valence-electron chi connectivity index (χ1n) is 4.37. The van der Waals surface area contributed by atoms with Gasteiger partial charge in [-0.1, -0.05) is 25.1 Å². The SMILES string of the molecule is CCN.NC(=O)COc1ccccc1. The van der Waals surface area contributed by atoms with Crippen LogP contribution in [0.3, 0.4) is 0 Å². The molecular formula is C10H16N2O2. The highest BCUT2D eigenvalue weighted by Crippen LogP contribution is 2.07. The minimum absolute atomic E-state index is 0.0655. The Morgan fingerprint density at radius 1 is 1.36 bits per heavy atom. The monoisotopic (exact) mass is 196 g/mol. The zero-order valence-electron chi connectivity index (χ0n) is 8.27. The Labute approximate surface area is 83.9 Å². The zero-order valence-corrected chi connectivity index (χ0v) is 8.27. The summed E-state index contributed by atoms with van der Waals surface area (Å²) in [5.74, 6) is 0.195. The summed E-state index contributed by atoms with van der Waals surface area (Å²) in [6.45, 7) is 2.59. The molecule has 0 aliphatic rings. The summed E-state index contributed by atoms with van der Waals surface area (Å²) in [5.41, 5.74) is 9.72. The predicted molar refractivity (Wildman–Crippen MR) is 55.9 cm³/mol. The third-order valence-electron chi connectivity index (χ3n) is 1.12. The van der Waals surface area contributed by atoms with Gasteiger partial charge in [-0.2, -0.15) is 0 Å². The van der Waals surface area contributed by atoms with Crippen molar-refractivity contribution in [3.05, 3.63) is 30.3 Å². The summed E-state index contributed by atoms with van der Waals surface area (Å²) < 4.78 is 4.99. The molecule has 0 bridgehead atoms. The van der Waals surface area contributed by atoms with Gasteiger partial charge < -0.3 is 16.2 Å². The lowest BCUT2D eigenvalue weighted by atomic mass is 10.3. The molecule has 0 aliphatic carbocycles. The molecule has 0 fully saturated rings. The Morgan fingerprint density at radius 2 is 1.86 bits per heavy atom. The number of benzene rings is 1. The van der Waals surface area contributed by atoms with Crippen LogP contribution in [0.4, 0.5) is 0 Å². The van der Waals surface area contributed by atoms with Crippen molar-refractivity contribution in [2.75, 3.05) is 13.2 Å². The van der Waals surface area contributed by atoms with Crippen molar-refractivity contribution in [3.8, 4) is 5.75 Å². The number of ether oxygens (including phenoxy) is 1. The molecule has 0 saturated carbocycles. The van der Waals surface area contributed by atoms with E-state index < -0.39 is 5.91 Å². The molecule has 0 heterocycles. The lowest BCUT2D eigenvalue weighted by Gasteiger charge is -2.00. The highest BCUT2D eigenvalue weighted by atomic mass is 16.5. The minimum Gasteiger partial charge on any atom is -0.484 e. The van der Waals surface area contributed by atoms with E-state index in [4.69, 9.17) is 16.2 Å². The topological polar surface area (TPSA) is 78.3 Å². The van der Waals surface area contributed by atoms with Crippen molar-refractivity contribution >= 4 is 5.91 Å². The molecule has 0 radical (unpaired) electrons. The molecular weight excluding hydrogens is 180 g/mol. The second kappa shape index (κ2) is 8.07. The van der Waals surface area contributed by atoms with Crippen LogP contribution in [0.15, 0.2) is 30.3 Å². The summed E-state index contributed by atoms with van der Waals surface area (Å²) in [7, 11) is 0. The van der Waals surface area contributed by atoms with Gasteiger partial charge in [0.1, 0.15) is 5.75 Å². The number of hydrogen-bond acceptors (Lipinski definition) is 3. The Balaban J connectivity index is 0.000000500. The second-order valence-electron chi connectivity index (χ2n) is 2.48. The largest absolute Gasteiger partial charge is 0.484 e. The van der Waals surface area contributed by atoms with E-state index in [0.717, 1.165) is 6.54 Å². The molecule has 0 saturated heterocycles. The molecule has 0 aromatic heterocycles. The molecule has 1 rings (SSSR count). The van der Waals surface area contributed by atoms with Gasteiger partial charge in [0.05, 0.1) is 0 Å². The van der Waals surface area contributed by atoms with Crippen molar-refractivity contribution in [3.63, 3.8) is 0 Å². The maximum Gasteiger partial charge on any atom is 0.255 e. The van der Waals surface area contributed by atoms with Crippen LogP contribution in [0.5, 0.6) is 5.75 Å². The maximum absolute atomic E-state index is 10.3. The number of carbonyl (C=O) groups is 1. The quantitative estimate of drug-likeness (QED) is 0.739. The number of hydrogen-bond donors (Lipinski definition) is 2. The molecule has 4 N–H and O–H groups in total. The number of primary amides is 1. The molecule has 14 heavy (non-hydrogen) atoms. The van der Waals surface area contributed by atoms with E-state index in [1.807, 2.05) is 25.1 Å². The average molecular weight is 196 g/mol. The fraction of sp³-hybridized carbons (Fsp3) is 0.300. The molecule has 1 amide bonds. The van der Waals surface area contributed by atoms with Crippen LogP contribution >= 0.6 is 0 Å². The Bertz CT molecular complexity index is 250. The van der Waals surface area contributed by atoms with Gasteiger partial charge in [0, 0.05) is 0 Å². The van der Waals surface area contributed by atoms with Crippen molar-refractivity contribution in [1.29, 1.82) is 0 Å². The fourth-order valence-electron chi connectivity index (χ4n) is 0.671. The molecule has 0 atom stereocenters. The number of nitrogens with two attached hydrogens (primary N) is 2. The summed E-state index contributed by atoms with van der Waals surface area (Å²) >= 11 is 0. The molecule has 0 aliphatic heterocycles. The van der Waals surface area contributed by atoms with Crippen LogP contribution in [0.2, 0.25) is 0 Å². The van der Waals surface area contributed by atoms with Crippen molar-refractivity contribution < 1.29 is 9.53 Å². The first-order chi connectivity index (χ1) is 6.70. The first-order valence-corrected chi connectivity index (χ1v) is 4.37. The van der Waals surface area contributed by atoms with Gasteiger partial charge in [-0.15, -0.1) is 0 Å². The van der Waals surface area contributed by atoms with E-state index in [1.165, 1.54) is 0 Å². The second-order valence-corrected chi connectivity index (χ2v) is 2.48. The lowest BCUT2D eigenvalue weighted by Crippen LogP contribution is -2.19. The van der Waals surface area contributed by atoms with Crippen LogP contribution < -0.4 is 16.2 Å². The van der Waals surface area contributed by atoms with E-state index in [0.29, 0.717) is 5.75 Å². The van der Waals surface area contributed by atoms with E-state index >= 15 is 0 Å². The van der Waals surface area contributed by atoms with Crippen molar-refractivity contribution in [1.82, 2.24) is 0 Å². The third-order valence-corrected chi connectivity index (χ3v) is 1.12. The van der Waals surface area contributed by atoms with E-state index in [9.17, 15) is 4.79 Å². The minimum atomic E-state index is -0.464. The van der Waals surface area contributed by atoms with E-state index in [1.54, 1.807) is 12.1 Å². The number of para-hydroxylation sites is 1. The van der Waals surface area contributed by atoms with Gasteiger partial charge in [0.15, 0.2) is 6.61 Å². The molecule has 4 heteroatoms. The van der Waals surface area contributed by atoms with E-state index in [2.05, 4.69) is 0 Å². The Hall–Kier alpha value is -1.55. The average Bonchev–Trinajstić information content (AvgIpc) is 2.18. The number of carbonyl (C=O) groups excluding carboxylic acids is 1. The van der Waals surface area contributed by atoms with Gasteiger partial charge in [0.25, 0.3) is 5.91 Å². The Morgan fingerprint density at radius 3 is 2.29 bits per heavy atom. The van der Waals surface area contributed by atoms with Crippen LogP contribution in [0.1, 0.15) is 6.92 Å². The molecule has 4 nitrogen and oxygen atoms in total. The van der Waals surface area contributed by atoms with Crippen molar-refractivity contribution in [2.45, 2.75) is 6.92 Å². The van der Waals surface area contributed by atoms with Crippen molar-refractivity contribution in [2.24, 2.45) is 11.5 Å². The summed E-state index contributed by atoms with van der Waals surface area (Å²) in [4.78, 5) is 10.3. The molecule has 1 aromatic rings. The molecule has 0 spiro atoms. The standard InChI is InChI=1S/C8H9NO2.C2H7N/c9-8(10)6-11-7-4-2-1-3-5-7;1-2-3/h1-5H,6H2,(H2,9,10);2-3H2,1H3. The molecule has 1 aromatic carbocycles. The third kappa shape index (κ3) is 7.12. The van der Waals surface area contributed by atoms with Gasteiger partial charge in [-0.3, -0.25) is 4.79 Å². The van der Waals surface area contributed by atoms with Gasteiger partial charge >= 0.3 is 0 Å². The normalized spacial score (nSPS) is 8.43. The number of rotatable bonds is 3. The highest BCUT2D eigenvalue weighted by Gasteiger charge is 1.94. The van der Waals surface area contributed by atoms with Crippen LogP contribution in [-0.2, 0) is 4.79 Å². The van der Waals surface area contributed by atoms with E-state index in [-0.39, 0.29) is 6.61 Å². The highest BCUT2D eigenvalue weighted by molar-refractivity contribution is 5.75. The molecule has 78 valence electrons. The summed E-state index contributed by atoms with van der Waals surface area (Å²) in [5, 5.41) is 0. The smallest absolute Gasteiger partial charge is 0.255 e. The summed E-state index contributed by atoms with van der Waals surface area (Å²) in [6.07, 6.45) is 0. The predicted octanol–water partition coefficient (Wildman–Crippen LogP) is 0.516. The first kappa shape index (κ1) is 12.4. The van der Waals surface area contributed by atoms with Gasteiger partial charge in [-0.25, -0.2) is 0 Å². The lowest BCUT2D eigenvalue weighted by molar-refractivity contribution is -0.119. The molecule has 0 unspecified atom stereocenters. The van der Waals surface area contributed by atoms with Crippen LogP contribution in [-0.4, -0.2) is 19.1 Å². The zero-order chi connectivity index (χ0) is 10.8. The Kier molecular flexibility index (Phi) is 7.17. The number of amides is 1.